The maximum absolute atomic E-state index is 11.4. The minimum Gasteiger partial charge on any atom is -0.457 e. The van der Waals surface area contributed by atoms with Crippen molar-refractivity contribution in [3.8, 4) is 0 Å². The van der Waals surface area contributed by atoms with Gasteiger partial charge in [-0.2, -0.15) is 0 Å². The maximum Gasteiger partial charge on any atom is 0.254 e. The summed E-state index contributed by atoms with van der Waals surface area (Å²) in [6.45, 7) is 0.338. The van der Waals surface area contributed by atoms with E-state index >= 15 is 0 Å². The van der Waals surface area contributed by atoms with Gasteiger partial charge in [-0.15, -0.1) is 0 Å². The molecule has 0 aliphatic rings. The number of furan rings is 1. The smallest absolute Gasteiger partial charge is 0.254 e. The normalized spacial score (nSPS) is 12.5. The first-order valence-electron chi connectivity index (χ1n) is 4.32. The minimum absolute atomic E-state index is 0.148. The molecule has 0 aromatic carbocycles. The van der Waals surface area contributed by atoms with Crippen molar-refractivity contribution in [2.24, 2.45) is 0 Å². The molecule has 0 radical (unpaired) electrons. The van der Waals surface area contributed by atoms with Crippen LogP contribution in [0.25, 0.3) is 0 Å². The summed E-state index contributed by atoms with van der Waals surface area (Å²) in [5.74, 6) is -0.292. The molecule has 0 aliphatic heterocycles. The molecule has 1 aromatic heterocycles. The Morgan fingerprint density at radius 3 is 3.07 bits per heavy atom. The number of ether oxygens (including phenoxy) is 1. The lowest BCUT2D eigenvalue weighted by molar-refractivity contribution is 0.0609. The van der Waals surface area contributed by atoms with Crippen molar-refractivity contribution in [2.75, 3.05) is 20.3 Å². The van der Waals surface area contributed by atoms with E-state index in [0.29, 0.717) is 10.2 Å². The zero-order valence-corrected chi connectivity index (χ0v) is 9.78. The molecule has 0 bridgehead atoms. The molecule has 1 aromatic rings. The van der Waals surface area contributed by atoms with Gasteiger partial charge in [-0.25, -0.2) is 0 Å². The van der Waals surface area contributed by atoms with Gasteiger partial charge in [0.05, 0.1) is 18.3 Å². The number of methoxy groups -OCH3 is 1. The number of aliphatic hydroxyl groups excluding tert-OH is 1. The summed E-state index contributed by atoms with van der Waals surface area (Å²) in [4.78, 5) is 11.4. The van der Waals surface area contributed by atoms with Crippen LogP contribution in [-0.4, -0.2) is 37.4 Å². The van der Waals surface area contributed by atoms with E-state index in [0.717, 1.165) is 0 Å². The second kappa shape index (κ2) is 5.89. The van der Waals surface area contributed by atoms with Gasteiger partial charge >= 0.3 is 0 Å². The van der Waals surface area contributed by atoms with Crippen LogP contribution >= 0.6 is 15.9 Å². The average molecular weight is 278 g/mol. The van der Waals surface area contributed by atoms with Crippen LogP contribution in [0.3, 0.4) is 0 Å². The van der Waals surface area contributed by atoms with Gasteiger partial charge in [-0.05, 0) is 15.9 Å². The van der Waals surface area contributed by atoms with Gasteiger partial charge in [0.25, 0.3) is 5.91 Å². The number of rotatable bonds is 5. The van der Waals surface area contributed by atoms with Gasteiger partial charge in [0, 0.05) is 19.7 Å². The number of carbonyl (C=O) groups excluding carboxylic acids is 1. The number of nitrogens with one attached hydrogen (secondary N) is 1. The number of hydrogen-bond acceptors (Lipinski definition) is 4. The quantitative estimate of drug-likeness (QED) is 0.835. The van der Waals surface area contributed by atoms with E-state index in [2.05, 4.69) is 21.2 Å². The molecule has 1 amide bonds. The zero-order valence-electron chi connectivity index (χ0n) is 8.20. The summed E-state index contributed by atoms with van der Waals surface area (Å²) in [5.41, 5.74) is 0.409. The fraction of sp³-hybridized carbons (Fsp3) is 0.444. The molecule has 1 unspecified atom stereocenters. The predicted octanol–water partition coefficient (Wildman–Crippen LogP) is 0.779. The highest BCUT2D eigenvalue weighted by atomic mass is 79.9. The summed E-state index contributed by atoms with van der Waals surface area (Å²) in [6, 6.07) is 1.55. The van der Waals surface area contributed by atoms with Crippen LogP contribution < -0.4 is 5.32 Å². The van der Waals surface area contributed by atoms with Crippen LogP contribution in [0.2, 0.25) is 0 Å². The van der Waals surface area contributed by atoms with Crippen LogP contribution in [0.4, 0.5) is 0 Å². The van der Waals surface area contributed by atoms with Crippen molar-refractivity contribution in [3.63, 3.8) is 0 Å². The second-order valence-corrected chi connectivity index (χ2v) is 3.74. The lowest BCUT2D eigenvalue weighted by Gasteiger charge is -2.09. The molecular formula is C9H12BrNO4. The van der Waals surface area contributed by atoms with E-state index < -0.39 is 6.10 Å². The Balaban J connectivity index is 2.36. The minimum atomic E-state index is -0.700. The van der Waals surface area contributed by atoms with Crippen LogP contribution in [0.5, 0.6) is 0 Å². The third-order valence-electron chi connectivity index (χ3n) is 1.69. The third-order valence-corrected chi connectivity index (χ3v) is 2.10. The number of aliphatic hydroxyl groups is 1. The van der Waals surface area contributed by atoms with Crippen LogP contribution in [0.15, 0.2) is 21.4 Å². The maximum atomic E-state index is 11.4. The molecular weight excluding hydrogens is 266 g/mol. The summed E-state index contributed by atoms with van der Waals surface area (Å²) < 4.78 is 10.1. The van der Waals surface area contributed by atoms with Crippen LogP contribution in [0, 0.1) is 0 Å². The number of amides is 1. The standard InChI is InChI=1S/C9H12BrNO4/c1-14-5-7(12)3-11-9(13)6-2-8(10)15-4-6/h2,4,7,12H,3,5H2,1H3,(H,11,13). The average Bonchev–Trinajstić information content (AvgIpc) is 2.62. The van der Waals surface area contributed by atoms with Crippen molar-refractivity contribution >= 4 is 21.8 Å². The number of halogens is 1. The predicted molar refractivity (Wildman–Crippen MR) is 56.6 cm³/mol. The van der Waals surface area contributed by atoms with Crippen molar-refractivity contribution < 1.29 is 19.1 Å². The molecule has 0 spiro atoms. The summed E-state index contributed by atoms with van der Waals surface area (Å²) >= 11 is 3.09. The van der Waals surface area contributed by atoms with E-state index in [1.165, 1.54) is 13.4 Å². The van der Waals surface area contributed by atoms with E-state index in [9.17, 15) is 9.90 Å². The first-order valence-corrected chi connectivity index (χ1v) is 5.12. The lowest BCUT2D eigenvalue weighted by Crippen LogP contribution is -2.34. The van der Waals surface area contributed by atoms with Gasteiger partial charge in [-0.3, -0.25) is 4.79 Å². The molecule has 0 aliphatic carbocycles. The van der Waals surface area contributed by atoms with Crippen molar-refractivity contribution in [2.45, 2.75) is 6.10 Å². The summed E-state index contributed by atoms with van der Waals surface area (Å²) in [6.07, 6.45) is 0.636. The van der Waals surface area contributed by atoms with E-state index in [4.69, 9.17) is 9.15 Å². The third kappa shape index (κ3) is 4.03. The highest BCUT2D eigenvalue weighted by Gasteiger charge is 2.10. The van der Waals surface area contributed by atoms with Gasteiger partial charge in [0.1, 0.15) is 6.26 Å². The molecule has 2 N–H and O–H groups in total. The fourth-order valence-electron chi connectivity index (χ4n) is 0.993. The number of hydrogen-bond donors (Lipinski definition) is 2. The van der Waals surface area contributed by atoms with Gasteiger partial charge in [-0.1, -0.05) is 0 Å². The first-order chi connectivity index (χ1) is 7.13. The molecule has 0 saturated carbocycles. The van der Waals surface area contributed by atoms with E-state index in [-0.39, 0.29) is 19.1 Å². The topological polar surface area (TPSA) is 71.7 Å². The first kappa shape index (κ1) is 12.2. The highest BCUT2D eigenvalue weighted by Crippen LogP contribution is 2.13. The molecule has 84 valence electrons. The Morgan fingerprint density at radius 1 is 1.80 bits per heavy atom. The lowest BCUT2D eigenvalue weighted by atomic mass is 10.3. The van der Waals surface area contributed by atoms with Crippen molar-refractivity contribution in [1.82, 2.24) is 5.32 Å². The van der Waals surface area contributed by atoms with E-state index in [1.54, 1.807) is 6.07 Å². The zero-order chi connectivity index (χ0) is 11.3. The van der Waals surface area contributed by atoms with E-state index in [1.807, 2.05) is 0 Å². The highest BCUT2D eigenvalue weighted by molar-refractivity contribution is 9.10. The molecule has 15 heavy (non-hydrogen) atoms. The largest absolute Gasteiger partial charge is 0.457 e. The van der Waals surface area contributed by atoms with Gasteiger partial charge < -0.3 is 19.6 Å². The Hall–Kier alpha value is -0.850. The van der Waals surface area contributed by atoms with Gasteiger partial charge in [0.15, 0.2) is 4.67 Å². The van der Waals surface area contributed by atoms with Gasteiger partial charge in [0.2, 0.25) is 0 Å². The monoisotopic (exact) mass is 277 g/mol. The molecule has 6 heteroatoms. The van der Waals surface area contributed by atoms with Crippen molar-refractivity contribution in [1.29, 1.82) is 0 Å². The Bertz CT molecular complexity index is 326. The molecule has 0 saturated heterocycles. The summed E-state index contributed by atoms with van der Waals surface area (Å²) in [7, 11) is 1.48. The number of carbonyl (C=O) groups is 1. The SMILES string of the molecule is COCC(O)CNC(=O)c1coc(Br)c1. The van der Waals surface area contributed by atoms with Crippen LogP contribution in [0.1, 0.15) is 10.4 Å². The summed E-state index contributed by atoms with van der Waals surface area (Å²) in [5, 5.41) is 11.8. The molecule has 0 fully saturated rings. The Morgan fingerprint density at radius 2 is 2.53 bits per heavy atom. The molecule has 1 heterocycles. The Kier molecular flexibility index (Phi) is 4.80. The second-order valence-electron chi connectivity index (χ2n) is 2.96. The van der Waals surface area contributed by atoms with Crippen molar-refractivity contribution in [3.05, 3.63) is 22.6 Å². The Labute approximate surface area is 95.5 Å². The molecule has 1 rings (SSSR count). The molecule has 5 nitrogen and oxygen atoms in total. The fourth-order valence-corrected chi connectivity index (χ4v) is 1.33. The molecule has 1 atom stereocenters. The van der Waals surface area contributed by atoms with Crippen LogP contribution in [-0.2, 0) is 4.74 Å².